The Kier molecular flexibility index (Phi) is 9.74. The quantitative estimate of drug-likeness (QED) is 0.319. The molecule has 38 heavy (non-hydrogen) atoms. The molecular formula is C29H38N2O7. The van der Waals surface area contributed by atoms with Crippen molar-refractivity contribution in [2.24, 2.45) is 4.99 Å². The maximum atomic E-state index is 13.6. The van der Waals surface area contributed by atoms with Gasteiger partial charge >= 0.3 is 5.97 Å². The van der Waals surface area contributed by atoms with Gasteiger partial charge < -0.3 is 29.4 Å². The molecule has 9 heteroatoms. The molecule has 3 rings (SSSR count). The summed E-state index contributed by atoms with van der Waals surface area (Å²) < 4.78 is 22.3. The number of methoxy groups -OCH3 is 1. The van der Waals surface area contributed by atoms with E-state index in [0.717, 1.165) is 11.3 Å². The van der Waals surface area contributed by atoms with Gasteiger partial charge in [0.25, 0.3) is 5.91 Å². The molecule has 0 unspecified atom stereocenters. The van der Waals surface area contributed by atoms with Gasteiger partial charge in [0.05, 0.1) is 13.7 Å². The topological polar surface area (TPSA) is 116 Å². The van der Waals surface area contributed by atoms with Crippen molar-refractivity contribution in [3.8, 4) is 11.5 Å². The van der Waals surface area contributed by atoms with Crippen LogP contribution in [0.15, 0.2) is 53.5 Å². The summed E-state index contributed by atoms with van der Waals surface area (Å²) in [5.74, 6) is 0.972. The Morgan fingerprint density at radius 2 is 1.74 bits per heavy atom. The number of rotatable bonds is 12. The fourth-order valence-electron chi connectivity index (χ4n) is 4.02. The number of hydrogen-bond acceptors (Lipinski definition) is 8. The Morgan fingerprint density at radius 3 is 2.34 bits per heavy atom. The van der Waals surface area contributed by atoms with E-state index in [-0.39, 0.29) is 31.9 Å². The molecule has 0 aromatic heterocycles. The molecule has 206 valence electrons. The van der Waals surface area contributed by atoms with Crippen molar-refractivity contribution < 1.29 is 33.6 Å². The zero-order valence-electron chi connectivity index (χ0n) is 22.8. The number of benzene rings is 2. The highest BCUT2D eigenvalue weighted by molar-refractivity contribution is 6.00. The lowest BCUT2D eigenvalue weighted by Gasteiger charge is -2.28. The normalized spacial score (nSPS) is 18.8. The molecule has 9 nitrogen and oxygen atoms in total. The van der Waals surface area contributed by atoms with E-state index in [2.05, 4.69) is 5.32 Å². The van der Waals surface area contributed by atoms with Gasteiger partial charge in [0, 0.05) is 31.6 Å². The van der Waals surface area contributed by atoms with Crippen LogP contribution in [0.25, 0.3) is 0 Å². The van der Waals surface area contributed by atoms with Gasteiger partial charge in [0.2, 0.25) is 5.90 Å². The lowest BCUT2D eigenvalue weighted by Crippen LogP contribution is -2.51. The first kappa shape index (κ1) is 29.0. The number of nitrogens with one attached hydrogen (secondary N) is 1. The van der Waals surface area contributed by atoms with Gasteiger partial charge in [0.1, 0.15) is 23.2 Å². The van der Waals surface area contributed by atoms with Gasteiger partial charge in [0.15, 0.2) is 5.54 Å². The molecule has 0 fully saturated rings. The smallest absolute Gasteiger partial charge is 0.306 e. The van der Waals surface area contributed by atoms with E-state index in [1.54, 1.807) is 59.1 Å². The Hall–Kier alpha value is -3.59. The van der Waals surface area contributed by atoms with Crippen molar-refractivity contribution in [1.29, 1.82) is 0 Å². The van der Waals surface area contributed by atoms with Crippen molar-refractivity contribution in [3.63, 3.8) is 0 Å². The molecule has 1 aliphatic heterocycles. The van der Waals surface area contributed by atoms with Crippen LogP contribution in [0.5, 0.6) is 11.5 Å². The van der Waals surface area contributed by atoms with E-state index in [9.17, 15) is 9.59 Å². The van der Waals surface area contributed by atoms with Gasteiger partial charge in [-0.1, -0.05) is 12.1 Å². The summed E-state index contributed by atoms with van der Waals surface area (Å²) in [5, 5.41) is 11.9. The largest absolute Gasteiger partial charge is 0.497 e. The summed E-state index contributed by atoms with van der Waals surface area (Å²) in [6.45, 7) is 7.95. The second kappa shape index (κ2) is 12.8. The first-order chi connectivity index (χ1) is 18.1. The molecule has 0 radical (unpaired) electrons. The fourth-order valence-corrected chi connectivity index (χ4v) is 4.02. The molecule has 2 aromatic carbocycles. The number of carbonyl (C=O) groups excluding carboxylic acids is 2. The Morgan fingerprint density at radius 1 is 1.08 bits per heavy atom. The number of amides is 1. The number of nitrogens with zero attached hydrogens (tertiary/aromatic N) is 1. The number of carbonyl (C=O) groups is 2. The van der Waals surface area contributed by atoms with Crippen molar-refractivity contribution >= 4 is 17.8 Å². The Bertz CT molecular complexity index is 1110. The zero-order chi connectivity index (χ0) is 27.8. The SMILES string of the molecule is COc1ccc(CNC(=O)[C@]2(CCC(=O)OC(C)(C)C)N=C(c3ccc(OCCCO)cc3)O[C@@H]2C)cc1. The number of hydrogen-bond donors (Lipinski definition) is 2. The third kappa shape index (κ3) is 7.71. The second-order valence-electron chi connectivity index (χ2n) is 10.2. The fraction of sp³-hybridized carbons (Fsp3) is 0.483. The maximum absolute atomic E-state index is 13.6. The zero-order valence-corrected chi connectivity index (χ0v) is 22.8. The first-order valence-electron chi connectivity index (χ1n) is 12.8. The molecule has 2 atom stereocenters. The Balaban J connectivity index is 1.81. The van der Waals surface area contributed by atoms with Gasteiger partial charge in [-0.25, -0.2) is 4.99 Å². The van der Waals surface area contributed by atoms with E-state index in [1.165, 1.54) is 0 Å². The predicted molar refractivity (Wildman–Crippen MR) is 143 cm³/mol. The van der Waals surface area contributed by atoms with Crippen LogP contribution in [0.3, 0.4) is 0 Å². The van der Waals surface area contributed by atoms with E-state index < -0.39 is 23.2 Å². The Labute approximate surface area is 224 Å². The molecule has 2 N–H and O–H groups in total. The third-order valence-corrected chi connectivity index (χ3v) is 6.07. The van der Waals surface area contributed by atoms with Crippen LogP contribution < -0.4 is 14.8 Å². The average Bonchev–Trinajstić information content (AvgIpc) is 3.23. The van der Waals surface area contributed by atoms with Crippen molar-refractivity contribution in [1.82, 2.24) is 5.32 Å². The van der Waals surface area contributed by atoms with Crippen molar-refractivity contribution in [3.05, 3.63) is 59.7 Å². The summed E-state index contributed by atoms with van der Waals surface area (Å²) >= 11 is 0. The lowest BCUT2D eigenvalue weighted by atomic mass is 9.87. The molecule has 0 aliphatic carbocycles. The summed E-state index contributed by atoms with van der Waals surface area (Å²) in [6.07, 6.45) is 0.0656. The van der Waals surface area contributed by atoms with E-state index in [1.807, 2.05) is 24.3 Å². The van der Waals surface area contributed by atoms with Crippen LogP contribution in [0, 0.1) is 0 Å². The summed E-state index contributed by atoms with van der Waals surface area (Å²) in [7, 11) is 1.60. The van der Waals surface area contributed by atoms with Crippen LogP contribution in [0.2, 0.25) is 0 Å². The van der Waals surface area contributed by atoms with Gasteiger partial charge in [-0.2, -0.15) is 0 Å². The highest BCUT2D eigenvalue weighted by Crippen LogP contribution is 2.34. The highest BCUT2D eigenvalue weighted by Gasteiger charge is 2.50. The van der Waals surface area contributed by atoms with Gasteiger partial charge in [-0.05, 0) is 76.1 Å². The summed E-state index contributed by atoms with van der Waals surface area (Å²) in [6, 6.07) is 14.6. The van der Waals surface area contributed by atoms with Crippen LogP contribution in [0.4, 0.5) is 0 Å². The summed E-state index contributed by atoms with van der Waals surface area (Å²) in [4.78, 5) is 30.9. The molecule has 0 bridgehead atoms. The molecular weight excluding hydrogens is 488 g/mol. The lowest BCUT2D eigenvalue weighted by molar-refractivity contribution is -0.155. The molecule has 2 aromatic rings. The highest BCUT2D eigenvalue weighted by atomic mass is 16.6. The first-order valence-corrected chi connectivity index (χ1v) is 12.8. The third-order valence-electron chi connectivity index (χ3n) is 6.07. The minimum Gasteiger partial charge on any atom is -0.497 e. The van der Waals surface area contributed by atoms with E-state index in [0.29, 0.717) is 30.2 Å². The molecule has 0 spiro atoms. The van der Waals surface area contributed by atoms with Crippen molar-refractivity contribution in [2.45, 2.75) is 70.7 Å². The molecule has 0 saturated carbocycles. The van der Waals surface area contributed by atoms with Crippen LogP contribution in [-0.2, 0) is 25.6 Å². The molecule has 1 amide bonds. The summed E-state index contributed by atoms with van der Waals surface area (Å²) in [5.41, 5.74) is -0.356. The van der Waals surface area contributed by atoms with Crippen LogP contribution in [-0.4, -0.2) is 60.4 Å². The van der Waals surface area contributed by atoms with E-state index >= 15 is 0 Å². The number of esters is 1. The van der Waals surface area contributed by atoms with Gasteiger partial charge in [-0.15, -0.1) is 0 Å². The van der Waals surface area contributed by atoms with Gasteiger partial charge in [-0.3, -0.25) is 9.59 Å². The average molecular weight is 527 g/mol. The number of aliphatic hydroxyl groups excluding tert-OH is 1. The van der Waals surface area contributed by atoms with Crippen molar-refractivity contribution in [2.75, 3.05) is 20.3 Å². The monoisotopic (exact) mass is 526 g/mol. The molecule has 0 saturated heterocycles. The maximum Gasteiger partial charge on any atom is 0.306 e. The standard InChI is InChI=1S/C29H38N2O7/c1-20-29(16-15-25(33)38-28(2,3)4,27(34)30-19-21-7-11-23(35-5)12-8-21)31-26(37-20)22-9-13-24(14-10-22)36-18-6-17-32/h7-14,20,32H,6,15-19H2,1-5H3,(H,30,34)/t20-,29-/m1/s1. The van der Waals surface area contributed by atoms with Crippen LogP contribution in [0.1, 0.15) is 58.1 Å². The molecule has 1 aliphatic rings. The number of ether oxygens (including phenoxy) is 4. The molecule has 1 heterocycles. The second-order valence-corrected chi connectivity index (χ2v) is 10.2. The van der Waals surface area contributed by atoms with E-state index in [4.69, 9.17) is 29.0 Å². The predicted octanol–water partition coefficient (Wildman–Crippen LogP) is 3.80. The number of aliphatic hydroxyl groups is 1. The number of aliphatic imine (C=N–C) groups is 1. The minimum atomic E-state index is -1.31. The van der Waals surface area contributed by atoms with Crippen LogP contribution >= 0.6 is 0 Å². The minimum absolute atomic E-state index is 0.00927.